The number of aromatic nitrogens is 2. The largest absolute Gasteiger partial charge is 0.508 e. The summed E-state index contributed by atoms with van der Waals surface area (Å²) in [5, 5.41) is 14.0. The minimum Gasteiger partial charge on any atom is -0.508 e. The lowest BCUT2D eigenvalue weighted by Crippen LogP contribution is -2.35. The van der Waals surface area contributed by atoms with E-state index in [0.717, 1.165) is 41.0 Å². The molecule has 0 radical (unpaired) electrons. The Morgan fingerprint density at radius 2 is 1.87 bits per heavy atom. The number of likely N-dealkylation sites (N-methyl/N-ethyl adjacent to an activating group) is 1. The van der Waals surface area contributed by atoms with Crippen LogP contribution in [0.5, 0.6) is 5.75 Å². The van der Waals surface area contributed by atoms with Gasteiger partial charge in [0.1, 0.15) is 5.75 Å². The van der Waals surface area contributed by atoms with Crippen LogP contribution in [0.4, 0.5) is 0 Å². The van der Waals surface area contributed by atoms with Gasteiger partial charge in [0, 0.05) is 36.4 Å². The van der Waals surface area contributed by atoms with Crippen molar-refractivity contribution < 1.29 is 5.11 Å². The maximum atomic E-state index is 9.70. The molecule has 162 valence electrons. The van der Waals surface area contributed by atoms with Crippen molar-refractivity contribution in [3.8, 4) is 11.4 Å². The second-order valence-electron chi connectivity index (χ2n) is 8.30. The van der Waals surface area contributed by atoms with Gasteiger partial charge in [-0.15, -0.1) is 0 Å². The zero-order valence-corrected chi connectivity index (χ0v) is 19.2. The number of phenolic OH excluding ortho intramolecular Hbond substituents is 1. The van der Waals surface area contributed by atoms with Crippen LogP contribution in [0.25, 0.3) is 5.69 Å². The molecule has 1 aromatic carbocycles. The molecule has 0 aliphatic carbocycles. The predicted molar refractivity (Wildman–Crippen MR) is 128 cm³/mol. The van der Waals surface area contributed by atoms with Gasteiger partial charge in [-0.3, -0.25) is 4.98 Å². The normalized spacial score (nSPS) is 18.6. The molecule has 1 aliphatic rings. The molecule has 2 aromatic heterocycles. The fraction of sp³-hybridized carbons (Fsp3) is 0.333. The van der Waals surface area contributed by atoms with Gasteiger partial charge in [0.15, 0.2) is 5.11 Å². The summed E-state index contributed by atoms with van der Waals surface area (Å²) in [6, 6.07) is 15.6. The van der Waals surface area contributed by atoms with Gasteiger partial charge in [-0.2, -0.15) is 0 Å². The van der Waals surface area contributed by atoms with Crippen LogP contribution >= 0.6 is 12.2 Å². The monoisotopic (exact) mass is 435 g/mol. The molecule has 4 rings (SSSR count). The molecule has 0 spiro atoms. The summed E-state index contributed by atoms with van der Waals surface area (Å²) < 4.78 is 2.23. The summed E-state index contributed by atoms with van der Waals surface area (Å²) in [6.07, 6.45) is 1.83. The third-order valence-corrected chi connectivity index (χ3v) is 6.24. The maximum Gasteiger partial charge on any atom is 0.170 e. The summed E-state index contributed by atoms with van der Waals surface area (Å²) in [6.45, 7) is 6.00. The van der Waals surface area contributed by atoms with Crippen LogP contribution in [0, 0.1) is 13.8 Å². The highest BCUT2D eigenvalue weighted by Gasteiger charge is 2.41. The fourth-order valence-corrected chi connectivity index (χ4v) is 4.71. The van der Waals surface area contributed by atoms with Crippen LogP contribution in [-0.4, -0.2) is 56.8 Å². The highest BCUT2D eigenvalue weighted by Crippen LogP contribution is 2.41. The third kappa shape index (κ3) is 4.16. The number of pyridine rings is 1. The second-order valence-corrected chi connectivity index (χ2v) is 8.69. The Hall–Kier alpha value is -2.90. The summed E-state index contributed by atoms with van der Waals surface area (Å²) in [4.78, 5) is 9.10. The van der Waals surface area contributed by atoms with Gasteiger partial charge < -0.3 is 24.8 Å². The van der Waals surface area contributed by atoms with Crippen LogP contribution in [0.2, 0.25) is 0 Å². The first kappa shape index (κ1) is 21.3. The number of aryl methyl sites for hydroxylation is 1. The number of aromatic hydroxyl groups is 1. The van der Waals surface area contributed by atoms with E-state index in [1.54, 1.807) is 12.1 Å². The fourth-order valence-electron chi connectivity index (χ4n) is 4.38. The highest BCUT2D eigenvalue weighted by atomic mass is 32.1. The van der Waals surface area contributed by atoms with Crippen molar-refractivity contribution in [3.63, 3.8) is 0 Å². The summed E-state index contributed by atoms with van der Waals surface area (Å²) in [7, 11) is 4.16. The lowest BCUT2D eigenvalue weighted by molar-refractivity contribution is 0.277. The Bertz CT molecular complexity index is 1060. The van der Waals surface area contributed by atoms with E-state index in [4.69, 9.17) is 12.2 Å². The van der Waals surface area contributed by atoms with Gasteiger partial charge >= 0.3 is 0 Å². The minimum absolute atomic E-state index is 0.0235. The van der Waals surface area contributed by atoms with E-state index in [1.165, 1.54) is 5.56 Å². The Morgan fingerprint density at radius 1 is 1.13 bits per heavy atom. The number of rotatable bonds is 6. The molecule has 0 amide bonds. The van der Waals surface area contributed by atoms with Crippen LogP contribution in [0.1, 0.15) is 34.7 Å². The van der Waals surface area contributed by atoms with Gasteiger partial charge in [-0.05, 0) is 88.2 Å². The molecule has 7 heteroatoms. The van der Waals surface area contributed by atoms with E-state index in [1.807, 2.05) is 30.5 Å². The zero-order valence-electron chi connectivity index (χ0n) is 18.4. The van der Waals surface area contributed by atoms with Crippen molar-refractivity contribution in [1.29, 1.82) is 0 Å². The summed E-state index contributed by atoms with van der Waals surface area (Å²) in [5.41, 5.74) is 5.55. The van der Waals surface area contributed by atoms with Crippen molar-refractivity contribution in [2.45, 2.75) is 25.9 Å². The molecule has 1 saturated heterocycles. The quantitative estimate of drug-likeness (QED) is 0.576. The Morgan fingerprint density at radius 3 is 2.52 bits per heavy atom. The Labute approximate surface area is 189 Å². The molecule has 0 bridgehead atoms. The molecule has 6 nitrogen and oxygen atoms in total. The van der Waals surface area contributed by atoms with Gasteiger partial charge in [0.2, 0.25) is 0 Å². The predicted octanol–water partition coefficient (Wildman–Crippen LogP) is 3.73. The lowest BCUT2D eigenvalue weighted by Gasteiger charge is -2.29. The van der Waals surface area contributed by atoms with Crippen LogP contribution in [-0.2, 0) is 0 Å². The van der Waals surface area contributed by atoms with E-state index >= 15 is 0 Å². The van der Waals surface area contributed by atoms with Crippen molar-refractivity contribution in [3.05, 3.63) is 77.4 Å². The van der Waals surface area contributed by atoms with Gasteiger partial charge in [0.05, 0.1) is 17.8 Å². The number of phenols is 1. The van der Waals surface area contributed by atoms with Crippen molar-refractivity contribution in [2.24, 2.45) is 0 Å². The highest BCUT2D eigenvalue weighted by molar-refractivity contribution is 7.80. The number of nitrogens with zero attached hydrogens (tertiary/aromatic N) is 4. The standard InChI is InChI=1S/C24H29N5OS/c1-16-15-20(17(2)29(16)18-8-10-19(30)11-9-18)23-22(21-7-5-6-12-25-21)26-24(31)28(23)14-13-27(3)4/h5-12,15,22-23,30H,13-14H2,1-4H3,(H,26,31)/t22-,23+/m0/s1. The first-order chi connectivity index (χ1) is 14.9. The molecule has 1 aliphatic heterocycles. The Kier molecular flexibility index (Phi) is 5.98. The van der Waals surface area contributed by atoms with Crippen molar-refractivity contribution >= 4 is 17.3 Å². The number of hydrogen-bond acceptors (Lipinski definition) is 4. The van der Waals surface area contributed by atoms with Crippen molar-refractivity contribution in [1.82, 2.24) is 24.7 Å². The number of hydrogen-bond donors (Lipinski definition) is 2. The topological polar surface area (TPSA) is 56.6 Å². The van der Waals surface area contributed by atoms with Crippen molar-refractivity contribution in [2.75, 3.05) is 27.2 Å². The van der Waals surface area contributed by atoms with E-state index in [2.05, 4.69) is 64.7 Å². The van der Waals surface area contributed by atoms with Crippen LogP contribution in [0.3, 0.4) is 0 Å². The lowest BCUT2D eigenvalue weighted by atomic mass is 9.97. The van der Waals surface area contributed by atoms with Gasteiger partial charge in [0.25, 0.3) is 0 Å². The Balaban J connectivity index is 1.80. The van der Waals surface area contributed by atoms with Gasteiger partial charge in [-0.1, -0.05) is 6.07 Å². The third-order valence-electron chi connectivity index (χ3n) is 5.88. The van der Waals surface area contributed by atoms with E-state index in [9.17, 15) is 5.11 Å². The second kappa shape index (κ2) is 8.69. The first-order valence-corrected chi connectivity index (χ1v) is 10.9. The maximum absolute atomic E-state index is 9.70. The minimum atomic E-state index is -0.0235. The average Bonchev–Trinajstić information content (AvgIpc) is 3.23. The molecule has 1 fully saturated rings. The number of nitrogens with one attached hydrogen (secondary N) is 1. The van der Waals surface area contributed by atoms with Gasteiger partial charge in [-0.25, -0.2) is 0 Å². The van der Waals surface area contributed by atoms with E-state index in [0.29, 0.717) is 0 Å². The first-order valence-electron chi connectivity index (χ1n) is 10.5. The van der Waals surface area contributed by atoms with E-state index in [-0.39, 0.29) is 17.8 Å². The molecule has 3 aromatic rings. The van der Waals surface area contributed by atoms with Crippen LogP contribution in [0.15, 0.2) is 54.7 Å². The molecule has 2 N–H and O–H groups in total. The number of benzene rings is 1. The summed E-state index contributed by atoms with van der Waals surface area (Å²) >= 11 is 5.77. The zero-order chi connectivity index (χ0) is 22.1. The molecule has 0 saturated carbocycles. The molecule has 3 heterocycles. The molecular formula is C24H29N5OS. The van der Waals surface area contributed by atoms with Crippen LogP contribution < -0.4 is 5.32 Å². The summed E-state index contributed by atoms with van der Waals surface area (Å²) in [5.74, 6) is 0.266. The smallest absolute Gasteiger partial charge is 0.170 e. The molecule has 0 unspecified atom stereocenters. The molecule has 2 atom stereocenters. The molecule has 31 heavy (non-hydrogen) atoms. The number of thiocarbonyl (C=S) groups is 1. The van der Waals surface area contributed by atoms with E-state index < -0.39 is 0 Å². The average molecular weight is 436 g/mol. The molecular weight excluding hydrogens is 406 g/mol. The SMILES string of the molecule is Cc1cc([C@@H]2[C@H](c3ccccn3)NC(=S)N2CCN(C)C)c(C)n1-c1ccc(O)cc1.